The van der Waals surface area contributed by atoms with Gasteiger partial charge in [0.1, 0.15) is 0 Å². The summed E-state index contributed by atoms with van der Waals surface area (Å²) < 4.78 is 0. The third-order valence-corrected chi connectivity index (χ3v) is 7.32. The summed E-state index contributed by atoms with van der Waals surface area (Å²) in [5.74, 6) is -1.83. The minimum absolute atomic E-state index is 0.00195. The molecule has 3 aliphatic rings. The molecule has 0 aromatic heterocycles. The number of halogens is 3. The fourth-order valence-electron chi connectivity index (χ4n) is 4.91. The molecule has 3 amide bonds. The third-order valence-electron chi connectivity index (χ3n) is 6.33. The molecule has 8 heteroatoms. The number of benzene rings is 2. The summed E-state index contributed by atoms with van der Waals surface area (Å²) in [5.41, 5.74) is 0.971. The lowest BCUT2D eigenvalue weighted by molar-refractivity contribution is -0.156. The van der Waals surface area contributed by atoms with Crippen molar-refractivity contribution >= 4 is 52.5 Å². The van der Waals surface area contributed by atoms with Gasteiger partial charge >= 0.3 is 0 Å². The van der Waals surface area contributed by atoms with E-state index >= 15 is 0 Å². The third kappa shape index (κ3) is 3.36. The molecule has 31 heavy (non-hydrogen) atoms. The van der Waals surface area contributed by atoms with E-state index in [-0.39, 0.29) is 30.2 Å². The molecule has 4 unspecified atom stereocenters. The number of hydrazine groups is 1. The van der Waals surface area contributed by atoms with Gasteiger partial charge in [-0.1, -0.05) is 53.0 Å². The summed E-state index contributed by atoms with van der Waals surface area (Å²) >= 11 is 18.1. The van der Waals surface area contributed by atoms with Gasteiger partial charge in [-0.3, -0.25) is 14.4 Å². The largest absolute Gasteiger partial charge is 0.273 e. The van der Waals surface area contributed by atoms with E-state index in [0.717, 1.165) is 11.4 Å². The van der Waals surface area contributed by atoms with Crippen LogP contribution in [0.25, 0.3) is 0 Å². The average Bonchev–Trinajstić information content (AvgIpc) is 3.43. The van der Waals surface area contributed by atoms with Gasteiger partial charge in [-0.2, -0.15) is 5.01 Å². The standard InChI is InChI=1S/C23H17Cl3N2O3/c24-16-6-4-13(5-7-16)21(29)27(11-12-1-8-17(25)18(26)9-12)28-22(30)19-14-2-3-15(10-14)20(19)23(28)31/h1-9,14-15,19-20H,10-11H2. The summed E-state index contributed by atoms with van der Waals surface area (Å²) in [7, 11) is 0. The molecule has 4 atom stereocenters. The molecule has 5 rings (SSSR count). The lowest BCUT2D eigenvalue weighted by Crippen LogP contribution is -2.50. The van der Waals surface area contributed by atoms with Gasteiger partial charge in [0.15, 0.2) is 0 Å². The van der Waals surface area contributed by atoms with Gasteiger partial charge in [0.05, 0.1) is 28.4 Å². The molecule has 1 heterocycles. The molecule has 5 nitrogen and oxygen atoms in total. The number of nitrogens with zero attached hydrogens (tertiary/aromatic N) is 2. The van der Waals surface area contributed by atoms with E-state index < -0.39 is 17.7 Å². The zero-order chi connectivity index (χ0) is 21.9. The van der Waals surface area contributed by atoms with E-state index in [1.165, 1.54) is 5.01 Å². The zero-order valence-electron chi connectivity index (χ0n) is 16.2. The normalized spacial score (nSPS) is 26.0. The van der Waals surface area contributed by atoms with Crippen LogP contribution in [0, 0.1) is 23.7 Å². The molecule has 1 aliphatic heterocycles. The van der Waals surface area contributed by atoms with Gasteiger partial charge in [0.25, 0.3) is 17.7 Å². The molecule has 2 aliphatic carbocycles. The van der Waals surface area contributed by atoms with Gasteiger partial charge in [-0.15, -0.1) is 0 Å². The SMILES string of the molecule is O=C(c1ccc(Cl)cc1)N(Cc1ccc(Cl)c(Cl)c1)N1C(=O)C2C3C=CC(C3)C2C1=O. The van der Waals surface area contributed by atoms with Crippen molar-refractivity contribution in [2.24, 2.45) is 23.7 Å². The Kier molecular flexibility index (Phi) is 5.08. The Morgan fingerprint density at radius 2 is 1.52 bits per heavy atom. The molecule has 1 saturated carbocycles. The minimum Gasteiger partial charge on any atom is -0.272 e. The van der Waals surface area contributed by atoms with Crippen molar-refractivity contribution in [2.75, 3.05) is 0 Å². The average molecular weight is 476 g/mol. The summed E-state index contributed by atoms with van der Waals surface area (Å²) in [6.07, 6.45) is 4.86. The molecule has 158 valence electrons. The summed E-state index contributed by atoms with van der Waals surface area (Å²) in [6, 6.07) is 11.3. The number of hydrogen-bond donors (Lipinski definition) is 0. The lowest BCUT2D eigenvalue weighted by Gasteiger charge is -2.31. The van der Waals surface area contributed by atoms with Crippen LogP contribution in [-0.2, 0) is 16.1 Å². The number of allylic oxidation sites excluding steroid dienone is 2. The summed E-state index contributed by atoms with van der Waals surface area (Å²) in [4.78, 5) is 40.1. The van der Waals surface area contributed by atoms with Crippen LogP contribution in [0.4, 0.5) is 0 Å². The maximum absolute atomic E-state index is 13.5. The first-order valence-corrected chi connectivity index (χ1v) is 11.1. The van der Waals surface area contributed by atoms with Gasteiger partial charge in [0, 0.05) is 10.6 Å². The van der Waals surface area contributed by atoms with Crippen LogP contribution in [0.5, 0.6) is 0 Å². The Morgan fingerprint density at radius 1 is 0.903 bits per heavy atom. The number of carbonyl (C=O) groups excluding carboxylic acids is 3. The van der Waals surface area contributed by atoms with E-state index in [4.69, 9.17) is 34.8 Å². The molecule has 2 bridgehead atoms. The van der Waals surface area contributed by atoms with E-state index in [2.05, 4.69) is 0 Å². The Morgan fingerprint density at radius 3 is 2.10 bits per heavy atom. The van der Waals surface area contributed by atoms with Crippen LogP contribution in [0.3, 0.4) is 0 Å². The zero-order valence-corrected chi connectivity index (χ0v) is 18.4. The fourth-order valence-corrected chi connectivity index (χ4v) is 5.36. The van der Waals surface area contributed by atoms with E-state index in [1.54, 1.807) is 42.5 Å². The molecular formula is C23H17Cl3N2O3. The Hall–Kier alpha value is -2.34. The first kappa shape index (κ1) is 20.6. The van der Waals surface area contributed by atoms with Crippen LogP contribution in [0.2, 0.25) is 15.1 Å². The predicted octanol–water partition coefficient (Wildman–Crippen LogP) is 5.01. The molecular weight excluding hydrogens is 459 g/mol. The number of fused-ring (bicyclic) bond motifs is 5. The minimum atomic E-state index is -0.468. The highest BCUT2D eigenvalue weighted by Crippen LogP contribution is 2.53. The van der Waals surface area contributed by atoms with Crippen molar-refractivity contribution in [3.05, 3.63) is 80.8 Å². The van der Waals surface area contributed by atoms with Crippen LogP contribution in [0.1, 0.15) is 22.3 Å². The van der Waals surface area contributed by atoms with Crippen LogP contribution < -0.4 is 0 Å². The molecule has 0 spiro atoms. The molecule has 2 aromatic carbocycles. The molecule has 2 fully saturated rings. The number of carbonyl (C=O) groups is 3. The number of rotatable bonds is 4. The van der Waals surface area contributed by atoms with Crippen LogP contribution in [0.15, 0.2) is 54.6 Å². The van der Waals surface area contributed by atoms with Crippen molar-refractivity contribution in [1.29, 1.82) is 0 Å². The second-order valence-corrected chi connectivity index (χ2v) is 9.36. The lowest BCUT2D eigenvalue weighted by atomic mass is 9.85. The van der Waals surface area contributed by atoms with Gasteiger partial charge < -0.3 is 0 Å². The van der Waals surface area contributed by atoms with Crippen LogP contribution in [-0.4, -0.2) is 27.7 Å². The molecule has 2 aromatic rings. The maximum atomic E-state index is 13.5. The fraction of sp³-hybridized carbons (Fsp3) is 0.261. The van der Waals surface area contributed by atoms with Crippen molar-refractivity contribution in [3.8, 4) is 0 Å². The Bertz CT molecular complexity index is 1100. The highest BCUT2D eigenvalue weighted by molar-refractivity contribution is 6.42. The Balaban J connectivity index is 1.53. The Labute approximate surface area is 194 Å². The number of imide groups is 1. The van der Waals surface area contributed by atoms with Crippen LogP contribution >= 0.6 is 34.8 Å². The predicted molar refractivity (Wildman–Crippen MR) is 117 cm³/mol. The van der Waals surface area contributed by atoms with E-state index in [1.807, 2.05) is 12.2 Å². The maximum Gasteiger partial charge on any atom is 0.273 e. The highest BCUT2D eigenvalue weighted by atomic mass is 35.5. The van der Waals surface area contributed by atoms with Crippen molar-refractivity contribution in [2.45, 2.75) is 13.0 Å². The first-order chi connectivity index (χ1) is 14.8. The molecule has 0 N–H and O–H groups in total. The second-order valence-electron chi connectivity index (χ2n) is 8.11. The topological polar surface area (TPSA) is 57.7 Å². The summed E-state index contributed by atoms with van der Waals surface area (Å²) in [6.45, 7) is -0.00195. The van der Waals surface area contributed by atoms with Crippen molar-refractivity contribution in [3.63, 3.8) is 0 Å². The molecule has 0 radical (unpaired) electrons. The number of hydrogen-bond acceptors (Lipinski definition) is 3. The quantitative estimate of drug-likeness (QED) is 0.461. The van der Waals surface area contributed by atoms with Gasteiger partial charge in [-0.25, -0.2) is 5.01 Å². The molecule has 1 saturated heterocycles. The monoisotopic (exact) mass is 474 g/mol. The van der Waals surface area contributed by atoms with Crippen molar-refractivity contribution in [1.82, 2.24) is 10.0 Å². The smallest absolute Gasteiger partial charge is 0.272 e. The van der Waals surface area contributed by atoms with Gasteiger partial charge in [-0.05, 0) is 60.2 Å². The highest BCUT2D eigenvalue weighted by Gasteiger charge is 2.61. The van der Waals surface area contributed by atoms with Crippen molar-refractivity contribution < 1.29 is 14.4 Å². The first-order valence-electron chi connectivity index (χ1n) is 9.92. The number of amides is 3. The van der Waals surface area contributed by atoms with E-state index in [0.29, 0.717) is 26.2 Å². The second kappa shape index (κ2) is 7.66. The summed E-state index contributed by atoms with van der Waals surface area (Å²) in [5, 5.41) is 3.45. The van der Waals surface area contributed by atoms with Gasteiger partial charge in [0.2, 0.25) is 0 Å². The van der Waals surface area contributed by atoms with E-state index in [9.17, 15) is 14.4 Å².